The lowest BCUT2D eigenvalue weighted by Crippen LogP contribution is -2.40. The second kappa shape index (κ2) is 8.22. The van der Waals surface area contributed by atoms with Gasteiger partial charge in [-0.1, -0.05) is 18.2 Å². The molecule has 0 bridgehead atoms. The summed E-state index contributed by atoms with van der Waals surface area (Å²) in [6.07, 6.45) is -3.49. The van der Waals surface area contributed by atoms with Gasteiger partial charge in [0.25, 0.3) is 0 Å². The van der Waals surface area contributed by atoms with Crippen LogP contribution in [-0.4, -0.2) is 27.1 Å². The van der Waals surface area contributed by atoms with Crippen molar-refractivity contribution in [3.63, 3.8) is 0 Å². The summed E-state index contributed by atoms with van der Waals surface area (Å²) in [7, 11) is -3.73. The Morgan fingerprint density at radius 2 is 1.68 bits per heavy atom. The molecule has 1 N–H and O–H groups in total. The average molecular weight is 414 g/mol. The Morgan fingerprint density at radius 1 is 1.07 bits per heavy atom. The number of hydrogen-bond acceptors (Lipinski definition) is 3. The Labute approximate surface area is 162 Å². The summed E-state index contributed by atoms with van der Waals surface area (Å²) < 4.78 is 63.5. The van der Waals surface area contributed by atoms with Crippen molar-refractivity contribution in [1.29, 1.82) is 0 Å². The van der Waals surface area contributed by atoms with Gasteiger partial charge in [-0.2, -0.15) is 13.2 Å². The van der Waals surface area contributed by atoms with Crippen LogP contribution in [0.5, 0.6) is 0 Å². The largest absolute Gasteiger partial charge is 0.416 e. The molecule has 5 nitrogen and oxygen atoms in total. The molecule has 0 fully saturated rings. The molecule has 0 radical (unpaired) electrons. The maximum Gasteiger partial charge on any atom is 0.416 e. The zero-order valence-corrected chi connectivity index (χ0v) is 16.5. The van der Waals surface area contributed by atoms with E-state index in [1.807, 2.05) is 19.9 Å². The summed E-state index contributed by atoms with van der Waals surface area (Å²) in [4.78, 5) is 12.3. The first kappa shape index (κ1) is 21.7. The number of aryl methyl sites for hydroxylation is 2. The van der Waals surface area contributed by atoms with Gasteiger partial charge in [0.15, 0.2) is 0 Å². The fraction of sp³-hybridized carbons (Fsp3) is 0.316. The van der Waals surface area contributed by atoms with Crippen molar-refractivity contribution in [3.8, 4) is 0 Å². The third-order valence-corrected chi connectivity index (χ3v) is 5.07. The lowest BCUT2D eigenvalue weighted by atomic mass is 10.1. The van der Waals surface area contributed by atoms with Crippen LogP contribution in [0.1, 0.15) is 22.3 Å². The van der Waals surface area contributed by atoms with E-state index in [1.165, 1.54) is 12.1 Å². The number of halogens is 3. The zero-order chi connectivity index (χ0) is 21.1. The van der Waals surface area contributed by atoms with E-state index in [-0.39, 0.29) is 12.1 Å². The number of anilines is 1. The minimum absolute atomic E-state index is 0.146. The molecule has 0 heterocycles. The first-order chi connectivity index (χ1) is 12.9. The lowest BCUT2D eigenvalue weighted by Gasteiger charge is -2.23. The number of sulfonamides is 1. The number of rotatable bonds is 6. The van der Waals surface area contributed by atoms with E-state index < -0.39 is 34.2 Å². The molecule has 0 saturated carbocycles. The fourth-order valence-corrected chi connectivity index (χ4v) is 3.58. The van der Waals surface area contributed by atoms with E-state index >= 15 is 0 Å². The highest BCUT2D eigenvalue weighted by Crippen LogP contribution is 2.29. The smallest absolute Gasteiger partial charge is 0.350 e. The SMILES string of the molecule is Cc1cc(C)cc(N(CC(=O)NCc2cccc(C(F)(F)F)c2)S(C)(=O)=O)c1. The van der Waals surface area contributed by atoms with Gasteiger partial charge >= 0.3 is 6.18 Å². The normalized spacial score (nSPS) is 11.9. The summed E-state index contributed by atoms with van der Waals surface area (Å²) in [5, 5.41) is 2.47. The number of amides is 1. The second-order valence-electron chi connectivity index (χ2n) is 6.59. The number of nitrogens with zero attached hydrogens (tertiary/aromatic N) is 1. The first-order valence-corrected chi connectivity index (χ1v) is 10.2. The van der Waals surface area contributed by atoms with E-state index in [2.05, 4.69) is 5.32 Å². The standard InChI is InChI=1S/C19H21F3N2O3S/c1-13-7-14(2)9-17(8-13)24(28(3,26)27)12-18(25)23-11-15-5-4-6-16(10-15)19(20,21)22/h4-10H,11-12H2,1-3H3,(H,23,25). The third kappa shape index (κ3) is 5.98. The number of benzene rings is 2. The molecule has 152 valence electrons. The minimum Gasteiger partial charge on any atom is -0.350 e. The predicted octanol–water partition coefficient (Wildman–Crippen LogP) is 3.40. The molecule has 2 aromatic rings. The number of carbonyl (C=O) groups excluding carboxylic acids is 1. The summed E-state index contributed by atoms with van der Waals surface area (Å²) in [5.41, 5.74) is 1.49. The molecule has 0 aliphatic rings. The fourth-order valence-electron chi connectivity index (χ4n) is 2.74. The monoisotopic (exact) mass is 414 g/mol. The van der Waals surface area contributed by atoms with Crippen LogP contribution in [0.3, 0.4) is 0 Å². The third-order valence-electron chi connectivity index (χ3n) is 3.93. The van der Waals surface area contributed by atoms with Gasteiger partial charge in [-0.05, 0) is 54.8 Å². The molecular formula is C19H21F3N2O3S. The van der Waals surface area contributed by atoms with Crippen molar-refractivity contribution in [2.75, 3.05) is 17.1 Å². The van der Waals surface area contributed by atoms with Gasteiger partial charge in [0.2, 0.25) is 15.9 Å². The Morgan fingerprint density at radius 3 is 2.21 bits per heavy atom. The Bertz CT molecular complexity index is 952. The second-order valence-corrected chi connectivity index (χ2v) is 8.50. The van der Waals surface area contributed by atoms with Crippen LogP contribution in [0, 0.1) is 13.8 Å². The van der Waals surface area contributed by atoms with E-state index in [4.69, 9.17) is 0 Å². The molecule has 28 heavy (non-hydrogen) atoms. The predicted molar refractivity (Wildman–Crippen MR) is 101 cm³/mol. The Balaban J connectivity index is 2.13. The number of nitrogens with one attached hydrogen (secondary N) is 1. The number of carbonyl (C=O) groups is 1. The number of alkyl halides is 3. The minimum atomic E-state index is -4.48. The van der Waals surface area contributed by atoms with Crippen LogP contribution >= 0.6 is 0 Å². The molecule has 0 saturated heterocycles. The van der Waals surface area contributed by atoms with Crippen LogP contribution in [0.15, 0.2) is 42.5 Å². The first-order valence-electron chi connectivity index (χ1n) is 8.35. The highest BCUT2D eigenvalue weighted by Gasteiger charge is 2.30. The molecular weight excluding hydrogens is 393 g/mol. The molecule has 0 spiro atoms. The van der Waals surface area contributed by atoms with Crippen LogP contribution in [0.2, 0.25) is 0 Å². The average Bonchev–Trinajstić information content (AvgIpc) is 2.55. The molecule has 0 unspecified atom stereocenters. The van der Waals surface area contributed by atoms with Gasteiger partial charge in [0, 0.05) is 6.54 Å². The van der Waals surface area contributed by atoms with E-state index in [0.29, 0.717) is 5.69 Å². The van der Waals surface area contributed by atoms with Crippen molar-refractivity contribution in [2.24, 2.45) is 0 Å². The maximum absolute atomic E-state index is 12.8. The highest BCUT2D eigenvalue weighted by atomic mass is 32.2. The van der Waals surface area contributed by atoms with Crippen LogP contribution < -0.4 is 9.62 Å². The van der Waals surface area contributed by atoms with Crippen molar-refractivity contribution < 1.29 is 26.4 Å². The van der Waals surface area contributed by atoms with Crippen LogP contribution in [0.4, 0.5) is 18.9 Å². The van der Waals surface area contributed by atoms with Gasteiger partial charge in [0.1, 0.15) is 6.54 Å². The molecule has 0 atom stereocenters. The topological polar surface area (TPSA) is 66.5 Å². The Hall–Kier alpha value is -2.55. The maximum atomic E-state index is 12.8. The van der Waals surface area contributed by atoms with Gasteiger partial charge in [-0.3, -0.25) is 9.10 Å². The van der Waals surface area contributed by atoms with E-state index in [9.17, 15) is 26.4 Å². The van der Waals surface area contributed by atoms with Crippen LogP contribution in [-0.2, 0) is 27.5 Å². The van der Waals surface area contributed by atoms with Gasteiger partial charge in [0.05, 0.1) is 17.5 Å². The summed E-state index contributed by atoms with van der Waals surface area (Å²) >= 11 is 0. The van der Waals surface area contributed by atoms with E-state index in [0.717, 1.165) is 33.8 Å². The quantitative estimate of drug-likeness (QED) is 0.788. The number of hydrogen-bond donors (Lipinski definition) is 1. The lowest BCUT2D eigenvalue weighted by molar-refractivity contribution is -0.137. The van der Waals surface area contributed by atoms with Crippen molar-refractivity contribution in [1.82, 2.24) is 5.32 Å². The molecule has 0 aliphatic carbocycles. The molecule has 9 heteroatoms. The molecule has 2 rings (SSSR count). The highest BCUT2D eigenvalue weighted by molar-refractivity contribution is 7.92. The molecule has 1 amide bonds. The van der Waals surface area contributed by atoms with Gasteiger partial charge < -0.3 is 5.32 Å². The summed E-state index contributed by atoms with van der Waals surface area (Å²) in [6, 6.07) is 9.76. The molecule has 0 aliphatic heterocycles. The van der Waals surface area contributed by atoms with E-state index in [1.54, 1.807) is 12.1 Å². The summed E-state index contributed by atoms with van der Waals surface area (Å²) in [6.45, 7) is 3.00. The zero-order valence-electron chi connectivity index (χ0n) is 15.7. The summed E-state index contributed by atoms with van der Waals surface area (Å²) in [5.74, 6) is -0.623. The van der Waals surface area contributed by atoms with Crippen molar-refractivity contribution >= 4 is 21.6 Å². The van der Waals surface area contributed by atoms with Gasteiger partial charge in [-0.15, -0.1) is 0 Å². The molecule has 2 aromatic carbocycles. The van der Waals surface area contributed by atoms with Crippen molar-refractivity contribution in [3.05, 3.63) is 64.7 Å². The molecule has 0 aromatic heterocycles. The van der Waals surface area contributed by atoms with Crippen molar-refractivity contribution in [2.45, 2.75) is 26.6 Å². The van der Waals surface area contributed by atoms with Crippen LogP contribution in [0.25, 0.3) is 0 Å². The van der Waals surface area contributed by atoms with Gasteiger partial charge in [-0.25, -0.2) is 8.42 Å². The Kier molecular flexibility index (Phi) is 6.38.